The molecule has 0 saturated carbocycles. The van der Waals surface area contributed by atoms with Gasteiger partial charge in [-0.15, -0.1) is 13.2 Å². The molecule has 0 saturated heterocycles. The van der Waals surface area contributed by atoms with Crippen LogP contribution in [0.25, 0.3) is 0 Å². The molecule has 3 aromatic rings. The fourth-order valence-electron chi connectivity index (χ4n) is 2.78. The second-order valence-corrected chi connectivity index (χ2v) is 6.80. The first-order chi connectivity index (χ1) is 16.7. The number of alkyl halides is 3. The van der Waals surface area contributed by atoms with Gasteiger partial charge in [-0.2, -0.15) is 0 Å². The Morgan fingerprint density at radius 3 is 2.48 bits per heavy atom. The maximum atomic E-state index is 13.0. The van der Waals surface area contributed by atoms with Crippen LogP contribution in [0.3, 0.4) is 0 Å². The van der Waals surface area contributed by atoms with E-state index in [1.165, 1.54) is 37.4 Å². The minimum atomic E-state index is -5.02. The van der Waals surface area contributed by atoms with E-state index < -0.39 is 30.8 Å². The van der Waals surface area contributed by atoms with Gasteiger partial charge in [-0.25, -0.2) is 0 Å². The van der Waals surface area contributed by atoms with Crippen LogP contribution in [0.1, 0.15) is 37.4 Å². The molecular weight excluding hydrogens is 441 g/mol. The highest BCUT2D eigenvalue weighted by atomic mass is 19.4. The summed E-state index contributed by atoms with van der Waals surface area (Å²) in [5.74, 6) is -2.55. The van der Waals surface area contributed by atoms with Gasteiger partial charge in [-0.05, 0) is 43.3 Å². The first kappa shape index (κ1) is 19.6. The minimum Gasteiger partial charge on any atom is -0.493 e. The second-order valence-electron chi connectivity index (χ2n) is 6.80. The molecule has 0 bridgehead atoms. The van der Waals surface area contributed by atoms with E-state index in [4.69, 9.17) is 13.6 Å². The highest BCUT2D eigenvalue weighted by Crippen LogP contribution is 2.37. The van der Waals surface area contributed by atoms with Crippen LogP contribution in [0.15, 0.2) is 54.7 Å². The molecule has 0 spiro atoms. The van der Waals surface area contributed by atoms with E-state index in [0.717, 1.165) is 12.1 Å². The highest BCUT2D eigenvalue weighted by molar-refractivity contribution is 6.06. The number of ether oxygens (including phenoxy) is 3. The lowest BCUT2D eigenvalue weighted by molar-refractivity contribution is -0.274. The van der Waals surface area contributed by atoms with Gasteiger partial charge in [-0.3, -0.25) is 14.6 Å². The summed E-state index contributed by atoms with van der Waals surface area (Å²) in [7, 11) is -3.02. The summed E-state index contributed by atoms with van der Waals surface area (Å²) in [6, 6.07) is 10.0. The summed E-state index contributed by atoms with van der Waals surface area (Å²) in [5.41, 5.74) is 1.13. The number of halogens is 3. The van der Waals surface area contributed by atoms with Gasteiger partial charge in [-0.1, -0.05) is 11.6 Å². The van der Waals surface area contributed by atoms with E-state index in [-0.39, 0.29) is 34.2 Å². The van der Waals surface area contributed by atoms with Crippen LogP contribution >= 0.6 is 0 Å². The number of hydrogen-bond donors (Lipinski definition) is 1. The van der Waals surface area contributed by atoms with Crippen molar-refractivity contribution in [2.75, 3.05) is 12.4 Å². The molecule has 0 aliphatic heterocycles. The first-order valence-electron chi connectivity index (χ1n) is 10.9. The predicted octanol–water partition coefficient (Wildman–Crippen LogP) is 5.54. The summed E-state index contributed by atoms with van der Waals surface area (Å²) < 4.78 is 74.1. The van der Waals surface area contributed by atoms with Gasteiger partial charge in [0, 0.05) is 24.9 Å². The molecule has 1 N–H and O–H groups in total. The molecule has 10 heteroatoms. The number of Topliss-reactive ketones (excluding diaryl/α,β-unsaturated/α-hetero) is 1. The number of benzene rings is 2. The Morgan fingerprint density at radius 2 is 1.79 bits per heavy atom. The topological polar surface area (TPSA) is 86.8 Å². The van der Waals surface area contributed by atoms with Crippen molar-refractivity contribution >= 4 is 17.4 Å². The Hall–Kier alpha value is -4.08. The number of pyridine rings is 1. The number of methoxy groups -OCH3 is 1. The zero-order valence-electron chi connectivity index (χ0n) is 20.3. The average Bonchev–Trinajstić information content (AvgIpc) is 2.74. The summed E-state index contributed by atoms with van der Waals surface area (Å²) in [6.45, 7) is 3.04. The smallest absolute Gasteiger partial charge is 0.493 e. The number of nitrogens with zero attached hydrogens (tertiary/aromatic N) is 1. The minimum absolute atomic E-state index is 0.0200. The van der Waals surface area contributed by atoms with Gasteiger partial charge in [0.2, 0.25) is 0 Å². The number of anilines is 1. The van der Waals surface area contributed by atoms with Gasteiger partial charge in [0.1, 0.15) is 17.2 Å². The predicted molar refractivity (Wildman–Crippen MR) is 113 cm³/mol. The number of nitrogens with one attached hydrogen (secondary N) is 1. The van der Waals surface area contributed by atoms with Crippen molar-refractivity contribution in [1.82, 2.24) is 4.98 Å². The molecular formula is C23H19F3N2O5. The molecule has 1 aromatic heterocycles. The van der Waals surface area contributed by atoms with Gasteiger partial charge in [0.25, 0.3) is 5.91 Å². The van der Waals surface area contributed by atoms with Crippen molar-refractivity contribution < 1.29 is 41.1 Å². The summed E-state index contributed by atoms with van der Waals surface area (Å²) in [6.07, 6.45) is -3.67. The standard InChI is InChI=1S/C23H19F3N2O5/c1-13-4-6-19(32-20-7-5-16(12-21(20)31-3)33-23(24,25)26)17(10-13)22(30)28-15-8-9-27-18(11-15)14(2)29/h4-12H,1-3H3,(H,27,28,30)/i3D3. The number of aromatic nitrogens is 1. The molecule has 0 unspecified atom stereocenters. The van der Waals surface area contributed by atoms with E-state index in [1.807, 2.05) is 0 Å². The number of ketones is 1. The van der Waals surface area contributed by atoms with Crippen molar-refractivity contribution in [3.63, 3.8) is 0 Å². The molecule has 3 rings (SSSR count). The first-order valence-corrected chi connectivity index (χ1v) is 9.36. The third-order valence-electron chi connectivity index (χ3n) is 4.24. The number of carbonyl (C=O) groups excluding carboxylic acids is 2. The highest BCUT2D eigenvalue weighted by Gasteiger charge is 2.31. The Morgan fingerprint density at radius 1 is 1.03 bits per heavy atom. The van der Waals surface area contributed by atoms with Gasteiger partial charge in [0.05, 0.1) is 16.7 Å². The number of rotatable bonds is 7. The van der Waals surface area contributed by atoms with Crippen molar-refractivity contribution in [2.24, 2.45) is 0 Å². The van der Waals surface area contributed by atoms with Crippen LogP contribution in [0.5, 0.6) is 23.0 Å². The molecule has 0 radical (unpaired) electrons. The molecule has 7 nitrogen and oxygen atoms in total. The van der Waals surface area contributed by atoms with E-state index in [1.54, 1.807) is 13.0 Å². The maximum absolute atomic E-state index is 13.0. The van der Waals surface area contributed by atoms with Crippen molar-refractivity contribution in [3.8, 4) is 23.0 Å². The zero-order valence-corrected chi connectivity index (χ0v) is 17.3. The number of carbonyl (C=O) groups is 2. The molecule has 1 heterocycles. The Kier molecular flexibility index (Phi) is 5.70. The van der Waals surface area contributed by atoms with Crippen LogP contribution in [0.2, 0.25) is 0 Å². The van der Waals surface area contributed by atoms with Gasteiger partial charge < -0.3 is 19.5 Å². The van der Waals surface area contributed by atoms with Crippen molar-refractivity contribution in [1.29, 1.82) is 0 Å². The lowest BCUT2D eigenvalue weighted by Crippen LogP contribution is -2.17. The van der Waals surface area contributed by atoms with Crippen LogP contribution in [0.4, 0.5) is 18.9 Å². The zero-order chi connectivity index (χ0) is 26.7. The quantitative estimate of drug-likeness (QED) is 0.463. The second kappa shape index (κ2) is 9.60. The fourth-order valence-corrected chi connectivity index (χ4v) is 2.78. The number of amides is 1. The fraction of sp³-hybridized carbons (Fsp3) is 0.174. The van der Waals surface area contributed by atoms with Crippen LogP contribution < -0.4 is 19.5 Å². The SMILES string of the molecule is [2H]C([2H])([2H])Oc1cc(OC(F)(F)F)ccc1Oc1ccc(C)cc1C(=O)Nc1ccnc(C(C)=O)c1. The maximum Gasteiger partial charge on any atom is 0.573 e. The summed E-state index contributed by atoms with van der Waals surface area (Å²) in [4.78, 5) is 28.5. The van der Waals surface area contributed by atoms with Crippen molar-refractivity contribution in [2.45, 2.75) is 20.2 Å². The Balaban J connectivity index is 1.96. The third kappa shape index (κ3) is 6.22. The molecule has 33 heavy (non-hydrogen) atoms. The molecule has 0 atom stereocenters. The molecule has 0 aliphatic rings. The van der Waals surface area contributed by atoms with Gasteiger partial charge in [0.15, 0.2) is 17.3 Å². The average molecular weight is 463 g/mol. The molecule has 2 aromatic carbocycles. The summed E-state index contributed by atoms with van der Waals surface area (Å²) >= 11 is 0. The van der Waals surface area contributed by atoms with Crippen LogP contribution in [0, 0.1) is 6.92 Å². The number of hydrogen-bond acceptors (Lipinski definition) is 6. The lowest BCUT2D eigenvalue weighted by atomic mass is 10.1. The van der Waals surface area contributed by atoms with Gasteiger partial charge >= 0.3 is 6.36 Å². The van der Waals surface area contributed by atoms with E-state index in [2.05, 4.69) is 15.0 Å². The van der Waals surface area contributed by atoms with E-state index in [9.17, 15) is 22.8 Å². The Labute approximate surface area is 191 Å². The Bertz CT molecular complexity index is 1300. The lowest BCUT2D eigenvalue weighted by Gasteiger charge is -2.16. The summed E-state index contributed by atoms with van der Waals surface area (Å²) in [5, 5.41) is 2.62. The normalized spacial score (nSPS) is 12.7. The molecule has 0 fully saturated rings. The monoisotopic (exact) mass is 463 g/mol. The van der Waals surface area contributed by atoms with Crippen LogP contribution in [-0.2, 0) is 0 Å². The number of aryl methyl sites for hydroxylation is 1. The molecule has 172 valence electrons. The molecule has 1 amide bonds. The van der Waals surface area contributed by atoms with E-state index >= 15 is 0 Å². The van der Waals surface area contributed by atoms with Crippen molar-refractivity contribution in [3.05, 3.63) is 71.5 Å². The van der Waals surface area contributed by atoms with E-state index in [0.29, 0.717) is 11.6 Å². The molecule has 0 aliphatic carbocycles. The largest absolute Gasteiger partial charge is 0.573 e. The van der Waals surface area contributed by atoms with Crippen LogP contribution in [-0.4, -0.2) is 30.1 Å². The third-order valence-corrected chi connectivity index (χ3v) is 4.24.